The Bertz CT molecular complexity index is 914. The van der Waals surface area contributed by atoms with Gasteiger partial charge in [-0.2, -0.15) is 0 Å². The Kier molecular flexibility index (Phi) is 3.96. The zero-order valence-corrected chi connectivity index (χ0v) is 13.6. The summed E-state index contributed by atoms with van der Waals surface area (Å²) in [4.78, 5) is 16.6. The van der Waals surface area contributed by atoms with Crippen LogP contribution in [0.4, 0.5) is 11.4 Å². The van der Waals surface area contributed by atoms with Crippen LogP contribution in [0.25, 0.3) is 10.8 Å². The van der Waals surface area contributed by atoms with Crippen molar-refractivity contribution in [1.82, 2.24) is 5.32 Å². The minimum Gasteiger partial charge on any atom is -0.467 e. The van der Waals surface area contributed by atoms with Gasteiger partial charge in [-0.3, -0.25) is 4.79 Å². The van der Waals surface area contributed by atoms with Crippen molar-refractivity contribution in [3.05, 3.63) is 60.6 Å². The predicted octanol–water partition coefficient (Wildman–Crippen LogP) is 3.90. The molecule has 2 heterocycles. The fourth-order valence-corrected chi connectivity index (χ4v) is 3.34. The average Bonchev–Trinajstić information content (AvgIpc) is 3.12. The molecule has 0 saturated heterocycles. The molecular formula is C18H15N3O2S. The average molecular weight is 337 g/mol. The van der Waals surface area contributed by atoms with Crippen molar-refractivity contribution in [3.63, 3.8) is 0 Å². The number of carbonyl (C=O) groups is 1. The van der Waals surface area contributed by atoms with Gasteiger partial charge in [0.25, 0.3) is 0 Å². The molecule has 6 heteroatoms. The summed E-state index contributed by atoms with van der Waals surface area (Å²) in [6, 6.07) is 15.8. The highest BCUT2D eigenvalue weighted by Gasteiger charge is 2.15. The third kappa shape index (κ3) is 3.00. The minimum absolute atomic E-state index is 0.0574. The van der Waals surface area contributed by atoms with E-state index in [1.165, 1.54) is 11.8 Å². The van der Waals surface area contributed by atoms with Gasteiger partial charge < -0.3 is 15.1 Å². The molecule has 1 aromatic heterocycles. The molecule has 0 aliphatic carbocycles. The van der Waals surface area contributed by atoms with E-state index in [0.29, 0.717) is 12.3 Å². The van der Waals surface area contributed by atoms with E-state index in [0.717, 1.165) is 33.1 Å². The van der Waals surface area contributed by atoms with Gasteiger partial charge in [0.1, 0.15) is 5.76 Å². The topological polar surface area (TPSA) is 66.6 Å². The molecule has 3 aromatic rings. The van der Waals surface area contributed by atoms with Crippen LogP contribution in [0.5, 0.6) is 0 Å². The van der Waals surface area contributed by atoms with Crippen molar-refractivity contribution < 1.29 is 9.21 Å². The summed E-state index contributed by atoms with van der Waals surface area (Å²) in [7, 11) is 0. The monoisotopic (exact) mass is 337 g/mol. The van der Waals surface area contributed by atoms with Crippen LogP contribution in [-0.2, 0) is 11.3 Å². The van der Waals surface area contributed by atoms with E-state index >= 15 is 0 Å². The van der Waals surface area contributed by atoms with Crippen molar-refractivity contribution in [3.8, 4) is 0 Å². The van der Waals surface area contributed by atoms with Gasteiger partial charge in [-0.1, -0.05) is 36.0 Å². The number of rotatable bonds is 4. The number of aliphatic imine (C=N–C) groups is 1. The zero-order chi connectivity index (χ0) is 16.4. The maximum absolute atomic E-state index is 12.0. The Morgan fingerprint density at radius 3 is 2.88 bits per heavy atom. The number of benzene rings is 2. The molecule has 1 amide bonds. The van der Waals surface area contributed by atoms with Gasteiger partial charge in [-0.25, -0.2) is 4.99 Å². The van der Waals surface area contributed by atoms with E-state index in [9.17, 15) is 4.79 Å². The van der Waals surface area contributed by atoms with Gasteiger partial charge in [0, 0.05) is 5.39 Å². The maximum Gasteiger partial charge on any atom is 0.230 e. The molecule has 1 aliphatic rings. The molecule has 0 radical (unpaired) electrons. The van der Waals surface area contributed by atoms with E-state index < -0.39 is 0 Å². The quantitative estimate of drug-likeness (QED) is 0.758. The second-order valence-corrected chi connectivity index (χ2v) is 6.33. The molecular weight excluding hydrogens is 322 g/mol. The first-order valence-electron chi connectivity index (χ1n) is 7.59. The summed E-state index contributed by atoms with van der Waals surface area (Å²) < 4.78 is 5.19. The standard InChI is InChI=1S/C18H15N3O2S/c22-16(19-10-13-6-3-9-23-13)11-24-18-20-14-7-1-4-12-5-2-8-15(21-18)17(12)14/h1-9H,10-11H2,(H,19,22)(H,20,21). The number of carbonyl (C=O) groups excluding carboxylic acids is 1. The summed E-state index contributed by atoms with van der Waals surface area (Å²) in [6.45, 7) is 0.397. The Morgan fingerprint density at radius 1 is 1.17 bits per heavy atom. The Hall–Kier alpha value is -2.73. The smallest absolute Gasteiger partial charge is 0.230 e. The van der Waals surface area contributed by atoms with Gasteiger partial charge in [-0.05, 0) is 29.7 Å². The van der Waals surface area contributed by atoms with Crippen LogP contribution in [0, 0.1) is 0 Å². The van der Waals surface area contributed by atoms with Crippen molar-refractivity contribution >= 4 is 45.0 Å². The summed E-state index contributed by atoms with van der Waals surface area (Å²) >= 11 is 1.39. The first kappa shape index (κ1) is 14.8. The first-order valence-corrected chi connectivity index (χ1v) is 8.57. The van der Waals surface area contributed by atoms with Crippen LogP contribution in [0.1, 0.15) is 5.76 Å². The van der Waals surface area contributed by atoms with Crippen molar-refractivity contribution in [1.29, 1.82) is 0 Å². The lowest BCUT2D eigenvalue weighted by atomic mass is 10.1. The Balaban J connectivity index is 1.42. The first-order chi connectivity index (χ1) is 11.8. The molecule has 0 atom stereocenters. The van der Waals surface area contributed by atoms with Gasteiger partial charge in [0.05, 0.1) is 29.9 Å². The van der Waals surface area contributed by atoms with Gasteiger partial charge in [0.15, 0.2) is 5.17 Å². The third-order valence-corrected chi connectivity index (χ3v) is 4.60. The fourth-order valence-electron chi connectivity index (χ4n) is 2.62. The lowest BCUT2D eigenvalue weighted by Gasteiger charge is -2.18. The molecule has 0 unspecified atom stereocenters. The minimum atomic E-state index is -0.0574. The van der Waals surface area contributed by atoms with Gasteiger partial charge in [-0.15, -0.1) is 0 Å². The number of nitrogens with zero attached hydrogens (tertiary/aromatic N) is 1. The SMILES string of the molecule is O=C(CSC1=Nc2cccc3cccc(c23)N1)NCc1ccco1. The molecule has 120 valence electrons. The number of hydrogen-bond donors (Lipinski definition) is 2. The Labute approximate surface area is 143 Å². The maximum atomic E-state index is 12.0. The number of anilines is 1. The molecule has 24 heavy (non-hydrogen) atoms. The second kappa shape index (κ2) is 6.41. The summed E-state index contributed by atoms with van der Waals surface area (Å²) in [5.74, 6) is 0.977. The fraction of sp³-hybridized carbons (Fsp3) is 0.111. The second-order valence-electron chi connectivity index (χ2n) is 5.37. The van der Waals surface area contributed by atoms with Crippen molar-refractivity contribution in [2.75, 3.05) is 11.1 Å². The molecule has 1 aliphatic heterocycles. The van der Waals surface area contributed by atoms with Crippen LogP contribution >= 0.6 is 11.8 Å². The van der Waals surface area contributed by atoms with Crippen LogP contribution in [0.2, 0.25) is 0 Å². The Morgan fingerprint density at radius 2 is 2.04 bits per heavy atom. The number of amides is 1. The number of nitrogens with one attached hydrogen (secondary N) is 2. The van der Waals surface area contributed by atoms with Crippen molar-refractivity contribution in [2.24, 2.45) is 4.99 Å². The highest BCUT2D eigenvalue weighted by molar-refractivity contribution is 8.14. The summed E-state index contributed by atoms with van der Waals surface area (Å²) in [5.41, 5.74) is 1.96. The number of hydrogen-bond acceptors (Lipinski definition) is 5. The van der Waals surface area contributed by atoms with Crippen molar-refractivity contribution in [2.45, 2.75) is 6.54 Å². The van der Waals surface area contributed by atoms with E-state index in [-0.39, 0.29) is 5.91 Å². The van der Waals surface area contributed by atoms with Crippen LogP contribution < -0.4 is 10.6 Å². The third-order valence-electron chi connectivity index (χ3n) is 3.73. The number of amidine groups is 1. The lowest BCUT2D eigenvalue weighted by Crippen LogP contribution is -2.25. The molecule has 0 spiro atoms. The van der Waals surface area contributed by atoms with E-state index in [1.54, 1.807) is 12.3 Å². The van der Waals surface area contributed by atoms with Crippen LogP contribution in [0.15, 0.2) is 64.2 Å². The highest BCUT2D eigenvalue weighted by atomic mass is 32.2. The molecule has 2 N–H and O–H groups in total. The molecule has 0 saturated carbocycles. The molecule has 0 fully saturated rings. The molecule has 4 rings (SSSR count). The lowest BCUT2D eigenvalue weighted by molar-refractivity contribution is -0.118. The van der Waals surface area contributed by atoms with Crippen LogP contribution in [-0.4, -0.2) is 16.8 Å². The summed E-state index contributed by atoms with van der Waals surface area (Å²) in [6.07, 6.45) is 1.59. The normalized spacial score (nSPS) is 12.6. The molecule has 5 nitrogen and oxygen atoms in total. The predicted molar refractivity (Wildman–Crippen MR) is 97.7 cm³/mol. The highest BCUT2D eigenvalue weighted by Crippen LogP contribution is 2.36. The molecule has 0 bridgehead atoms. The van der Waals surface area contributed by atoms with E-state index in [4.69, 9.17) is 4.42 Å². The number of thioether (sulfide) groups is 1. The van der Waals surface area contributed by atoms with Gasteiger partial charge >= 0.3 is 0 Å². The van der Waals surface area contributed by atoms with E-state index in [2.05, 4.69) is 27.8 Å². The van der Waals surface area contributed by atoms with Gasteiger partial charge in [0.2, 0.25) is 5.91 Å². The molecule has 2 aromatic carbocycles. The number of furan rings is 1. The van der Waals surface area contributed by atoms with Crippen LogP contribution in [0.3, 0.4) is 0 Å². The van der Waals surface area contributed by atoms with E-state index in [1.807, 2.05) is 30.3 Å². The largest absolute Gasteiger partial charge is 0.467 e. The summed E-state index contributed by atoms with van der Waals surface area (Å²) in [5, 5.41) is 9.13. The zero-order valence-electron chi connectivity index (χ0n) is 12.8.